The summed E-state index contributed by atoms with van der Waals surface area (Å²) in [5.41, 5.74) is 1.14. The molecular weight excluding hydrogens is 294 g/mol. The van der Waals surface area contributed by atoms with Crippen molar-refractivity contribution in [1.29, 1.82) is 0 Å². The maximum absolute atomic E-state index is 13.1. The highest BCUT2D eigenvalue weighted by atomic mass is 19.1. The van der Waals surface area contributed by atoms with Crippen LogP contribution in [0.15, 0.2) is 36.7 Å². The minimum atomic E-state index is -0.422. The third kappa shape index (κ3) is 2.93. The normalized spacial score (nSPS) is 20.7. The maximum atomic E-state index is 13.1. The number of aromatic nitrogens is 2. The monoisotopic (exact) mass is 316 g/mol. The molecule has 0 amide bonds. The van der Waals surface area contributed by atoms with Crippen molar-refractivity contribution in [2.45, 2.75) is 51.9 Å². The summed E-state index contributed by atoms with van der Waals surface area (Å²) in [6, 6.07) is 6.48. The van der Waals surface area contributed by atoms with Gasteiger partial charge in [0.15, 0.2) is 0 Å². The van der Waals surface area contributed by atoms with E-state index in [-0.39, 0.29) is 23.1 Å². The molecule has 1 unspecified atom stereocenters. The zero-order valence-electron chi connectivity index (χ0n) is 14.2. The van der Waals surface area contributed by atoms with Crippen molar-refractivity contribution in [3.8, 4) is 0 Å². The number of nitrogens with zero attached hydrogens (tertiary/aromatic N) is 2. The van der Waals surface area contributed by atoms with Gasteiger partial charge in [-0.05, 0) is 52.3 Å². The number of hydrogen-bond donors (Lipinski definition) is 0. The molecule has 0 spiro atoms. The van der Waals surface area contributed by atoms with Crippen LogP contribution in [0.3, 0.4) is 0 Å². The molecule has 4 nitrogen and oxygen atoms in total. The Hall–Kier alpha value is -1.66. The van der Waals surface area contributed by atoms with Crippen LogP contribution in [0.4, 0.5) is 4.39 Å². The van der Waals surface area contributed by atoms with Crippen molar-refractivity contribution in [3.05, 3.63) is 48.0 Å². The van der Waals surface area contributed by atoms with Gasteiger partial charge in [0.25, 0.3) is 0 Å². The van der Waals surface area contributed by atoms with Gasteiger partial charge >= 0.3 is 7.12 Å². The Bertz CT molecular complexity index is 681. The van der Waals surface area contributed by atoms with E-state index in [9.17, 15) is 4.39 Å². The first-order valence-electron chi connectivity index (χ1n) is 7.85. The molecule has 2 aromatic rings. The standard InChI is InChI=1S/C17H22BFN2O2/c1-12(13-6-8-15(19)9-7-13)21-11-14(10-20-21)18-22-16(2,3)17(4,5)23-18/h6-12H,1-5H3. The highest BCUT2D eigenvalue weighted by Gasteiger charge is 2.52. The SMILES string of the molecule is CC(c1ccc(F)cc1)n1cc(B2OC(C)(C)C(C)(C)O2)cn1. The van der Waals surface area contributed by atoms with Crippen molar-refractivity contribution >= 4 is 12.6 Å². The van der Waals surface area contributed by atoms with E-state index in [0.717, 1.165) is 11.0 Å². The van der Waals surface area contributed by atoms with Crippen molar-refractivity contribution in [2.24, 2.45) is 0 Å². The van der Waals surface area contributed by atoms with Crippen LogP contribution in [0.5, 0.6) is 0 Å². The summed E-state index contributed by atoms with van der Waals surface area (Å²) >= 11 is 0. The maximum Gasteiger partial charge on any atom is 0.498 e. The Morgan fingerprint density at radius 1 is 1.09 bits per heavy atom. The fourth-order valence-electron chi connectivity index (χ4n) is 2.56. The molecular formula is C17H22BFN2O2. The molecule has 122 valence electrons. The van der Waals surface area contributed by atoms with E-state index in [4.69, 9.17) is 9.31 Å². The molecule has 23 heavy (non-hydrogen) atoms. The molecule has 6 heteroatoms. The molecule has 0 N–H and O–H groups in total. The highest BCUT2D eigenvalue weighted by Crippen LogP contribution is 2.36. The quantitative estimate of drug-likeness (QED) is 0.817. The third-order valence-corrected chi connectivity index (χ3v) is 4.90. The van der Waals surface area contributed by atoms with Gasteiger partial charge in [-0.1, -0.05) is 12.1 Å². The van der Waals surface area contributed by atoms with Gasteiger partial charge in [-0.15, -0.1) is 0 Å². The second-order valence-electron chi connectivity index (χ2n) is 7.07. The molecule has 1 aliphatic rings. The van der Waals surface area contributed by atoms with Crippen molar-refractivity contribution in [3.63, 3.8) is 0 Å². The molecule has 0 aliphatic carbocycles. The molecule has 3 rings (SSSR count). The summed E-state index contributed by atoms with van der Waals surface area (Å²) in [4.78, 5) is 0. The van der Waals surface area contributed by atoms with E-state index < -0.39 is 7.12 Å². The first kappa shape index (κ1) is 16.2. The molecule has 0 saturated carbocycles. The number of hydrogen-bond acceptors (Lipinski definition) is 3. The Morgan fingerprint density at radius 2 is 1.65 bits per heavy atom. The number of benzene rings is 1. The highest BCUT2D eigenvalue weighted by molar-refractivity contribution is 6.62. The van der Waals surface area contributed by atoms with E-state index >= 15 is 0 Å². The molecule has 1 aromatic carbocycles. The second kappa shape index (κ2) is 5.46. The van der Waals surface area contributed by atoms with Crippen molar-refractivity contribution in [2.75, 3.05) is 0 Å². The van der Waals surface area contributed by atoms with Crippen LogP contribution in [0, 0.1) is 5.82 Å². The lowest BCUT2D eigenvalue weighted by Gasteiger charge is -2.32. The zero-order chi connectivity index (χ0) is 16.8. The van der Waals surface area contributed by atoms with Gasteiger partial charge in [0, 0.05) is 17.9 Å². The fraction of sp³-hybridized carbons (Fsp3) is 0.471. The third-order valence-electron chi connectivity index (χ3n) is 4.90. The number of rotatable bonds is 3. The van der Waals surface area contributed by atoms with E-state index in [1.54, 1.807) is 18.3 Å². The first-order valence-corrected chi connectivity index (χ1v) is 7.85. The Morgan fingerprint density at radius 3 is 2.22 bits per heavy atom. The Balaban J connectivity index is 1.80. The Labute approximate surface area is 136 Å². The topological polar surface area (TPSA) is 36.3 Å². The predicted molar refractivity (Wildman–Crippen MR) is 88.2 cm³/mol. The van der Waals surface area contributed by atoms with Gasteiger partial charge in [0.05, 0.1) is 17.2 Å². The average molecular weight is 316 g/mol. The first-order chi connectivity index (χ1) is 10.7. The van der Waals surface area contributed by atoms with Gasteiger partial charge in [0.2, 0.25) is 0 Å². The molecule has 1 saturated heterocycles. The zero-order valence-corrected chi connectivity index (χ0v) is 14.2. The van der Waals surface area contributed by atoms with Crippen LogP contribution < -0.4 is 5.46 Å². The van der Waals surface area contributed by atoms with Crippen LogP contribution in [0.2, 0.25) is 0 Å². The van der Waals surface area contributed by atoms with Crippen molar-refractivity contribution < 1.29 is 13.7 Å². The lowest BCUT2D eigenvalue weighted by atomic mass is 9.82. The molecule has 1 aromatic heterocycles. The molecule has 0 radical (unpaired) electrons. The second-order valence-corrected chi connectivity index (χ2v) is 7.07. The van der Waals surface area contributed by atoms with Gasteiger partial charge < -0.3 is 9.31 Å². The van der Waals surface area contributed by atoms with Crippen LogP contribution in [0.1, 0.15) is 46.2 Å². The smallest absolute Gasteiger partial charge is 0.399 e. The fourth-order valence-corrected chi connectivity index (χ4v) is 2.56. The lowest BCUT2D eigenvalue weighted by Crippen LogP contribution is -2.41. The Kier molecular flexibility index (Phi) is 3.85. The lowest BCUT2D eigenvalue weighted by molar-refractivity contribution is 0.00578. The average Bonchev–Trinajstić information content (AvgIpc) is 3.02. The summed E-state index contributed by atoms with van der Waals surface area (Å²) in [6.07, 6.45) is 3.69. The number of halogens is 1. The molecule has 2 heterocycles. The summed E-state index contributed by atoms with van der Waals surface area (Å²) in [6.45, 7) is 10.1. The van der Waals surface area contributed by atoms with Gasteiger partial charge in [-0.3, -0.25) is 4.68 Å². The van der Waals surface area contributed by atoms with E-state index in [1.807, 2.05) is 45.5 Å². The predicted octanol–water partition coefficient (Wildman–Crippen LogP) is 2.93. The minimum Gasteiger partial charge on any atom is -0.399 e. The van der Waals surface area contributed by atoms with E-state index in [0.29, 0.717) is 0 Å². The minimum absolute atomic E-state index is 0.00627. The van der Waals surface area contributed by atoms with Crippen LogP contribution >= 0.6 is 0 Å². The van der Waals surface area contributed by atoms with Crippen LogP contribution in [0.25, 0.3) is 0 Å². The molecule has 1 fully saturated rings. The van der Waals surface area contributed by atoms with Crippen molar-refractivity contribution in [1.82, 2.24) is 9.78 Å². The summed E-state index contributed by atoms with van der Waals surface area (Å²) in [7, 11) is -0.422. The van der Waals surface area contributed by atoms with E-state index in [2.05, 4.69) is 5.10 Å². The summed E-state index contributed by atoms with van der Waals surface area (Å²) < 4.78 is 27.0. The van der Waals surface area contributed by atoms with Gasteiger partial charge in [-0.25, -0.2) is 4.39 Å². The van der Waals surface area contributed by atoms with Gasteiger partial charge in [-0.2, -0.15) is 5.10 Å². The van der Waals surface area contributed by atoms with E-state index in [1.165, 1.54) is 12.1 Å². The van der Waals surface area contributed by atoms with Crippen LogP contribution in [-0.2, 0) is 9.31 Å². The van der Waals surface area contributed by atoms with Crippen LogP contribution in [-0.4, -0.2) is 28.1 Å². The van der Waals surface area contributed by atoms with Gasteiger partial charge in [0.1, 0.15) is 5.82 Å². The molecule has 1 aliphatic heterocycles. The molecule has 1 atom stereocenters. The summed E-state index contributed by atoms with van der Waals surface area (Å²) in [5, 5.41) is 4.42. The molecule has 0 bridgehead atoms. The summed E-state index contributed by atoms with van der Waals surface area (Å²) in [5.74, 6) is -0.237. The largest absolute Gasteiger partial charge is 0.498 e.